The first-order chi connectivity index (χ1) is 15.2. The first kappa shape index (κ1) is 24.3. The lowest BCUT2D eigenvalue weighted by Crippen LogP contribution is -2.38. The van der Waals surface area contributed by atoms with Crippen LogP contribution < -0.4 is 10.6 Å². The molecule has 0 aliphatic carbocycles. The van der Waals surface area contributed by atoms with E-state index in [1.165, 1.54) is 0 Å². The molecular formula is C25H35N3O3S. The SMILES string of the molecule is CC(C)CN([C@@H](C)c1ccc(N2CCC(C(N)=O)CC2)cc1)S(=O)(=O)Cc1ccccc1. The zero-order valence-electron chi connectivity index (χ0n) is 19.3. The van der Waals surface area contributed by atoms with Gasteiger partial charge in [-0.1, -0.05) is 56.3 Å². The number of benzene rings is 2. The molecule has 0 unspecified atom stereocenters. The molecule has 2 aromatic rings. The lowest BCUT2D eigenvalue weighted by atomic mass is 9.96. The van der Waals surface area contributed by atoms with Crippen molar-refractivity contribution in [3.8, 4) is 0 Å². The van der Waals surface area contributed by atoms with Gasteiger partial charge in [0.25, 0.3) is 0 Å². The summed E-state index contributed by atoms with van der Waals surface area (Å²) >= 11 is 0. The van der Waals surface area contributed by atoms with E-state index in [0.717, 1.165) is 42.7 Å². The van der Waals surface area contributed by atoms with E-state index >= 15 is 0 Å². The van der Waals surface area contributed by atoms with E-state index in [-0.39, 0.29) is 29.5 Å². The Kier molecular flexibility index (Phi) is 7.96. The van der Waals surface area contributed by atoms with E-state index in [1.54, 1.807) is 4.31 Å². The van der Waals surface area contributed by atoms with Crippen LogP contribution in [0.5, 0.6) is 0 Å². The van der Waals surface area contributed by atoms with Gasteiger partial charge >= 0.3 is 0 Å². The molecule has 3 rings (SSSR count). The van der Waals surface area contributed by atoms with Crippen LogP contribution in [-0.4, -0.2) is 38.3 Å². The van der Waals surface area contributed by atoms with E-state index in [9.17, 15) is 13.2 Å². The van der Waals surface area contributed by atoms with Crippen LogP contribution in [0.25, 0.3) is 0 Å². The monoisotopic (exact) mass is 457 g/mol. The van der Waals surface area contributed by atoms with Crippen LogP contribution in [0.1, 0.15) is 50.8 Å². The number of hydrogen-bond donors (Lipinski definition) is 1. The Morgan fingerprint density at radius 3 is 2.16 bits per heavy atom. The molecule has 174 valence electrons. The van der Waals surface area contributed by atoms with Crippen molar-refractivity contribution >= 4 is 21.6 Å². The van der Waals surface area contributed by atoms with Crippen LogP contribution in [0.15, 0.2) is 54.6 Å². The first-order valence-electron chi connectivity index (χ1n) is 11.3. The van der Waals surface area contributed by atoms with E-state index < -0.39 is 10.0 Å². The molecule has 1 heterocycles. The molecule has 1 amide bonds. The molecule has 0 bridgehead atoms. The number of nitrogens with zero attached hydrogens (tertiary/aromatic N) is 2. The fraction of sp³-hybridized carbons (Fsp3) is 0.480. The number of sulfonamides is 1. The summed E-state index contributed by atoms with van der Waals surface area (Å²) in [6.45, 7) is 8.10. The fourth-order valence-electron chi connectivity index (χ4n) is 4.29. The molecule has 0 saturated carbocycles. The molecule has 0 spiro atoms. The Balaban J connectivity index is 1.75. The van der Waals surface area contributed by atoms with Crippen LogP contribution in [0, 0.1) is 11.8 Å². The number of piperidine rings is 1. The third kappa shape index (κ3) is 6.11. The highest BCUT2D eigenvalue weighted by Crippen LogP contribution is 2.29. The van der Waals surface area contributed by atoms with Gasteiger partial charge in [0.1, 0.15) is 0 Å². The first-order valence-corrected chi connectivity index (χ1v) is 13.0. The van der Waals surface area contributed by atoms with Crippen molar-refractivity contribution in [2.45, 2.75) is 45.4 Å². The van der Waals surface area contributed by atoms with Gasteiger partial charge in [-0.3, -0.25) is 4.79 Å². The topological polar surface area (TPSA) is 83.7 Å². The molecule has 1 fully saturated rings. The summed E-state index contributed by atoms with van der Waals surface area (Å²) in [5, 5.41) is 0. The number of nitrogens with two attached hydrogens (primary N) is 1. The van der Waals surface area contributed by atoms with Crippen LogP contribution in [0.4, 0.5) is 5.69 Å². The highest BCUT2D eigenvalue weighted by molar-refractivity contribution is 7.88. The minimum Gasteiger partial charge on any atom is -0.371 e. The Hall–Kier alpha value is -2.38. The van der Waals surface area contributed by atoms with Crippen LogP contribution in [0.2, 0.25) is 0 Å². The summed E-state index contributed by atoms with van der Waals surface area (Å²) in [6, 6.07) is 17.2. The summed E-state index contributed by atoms with van der Waals surface area (Å²) in [5.41, 5.74) is 8.29. The highest BCUT2D eigenvalue weighted by Gasteiger charge is 2.29. The maximum Gasteiger partial charge on any atom is 0.220 e. The van der Waals surface area contributed by atoms with E-state index in [1.807, 2.05) is 75.4 Å². The lowest BCUT2D eigenvalue weighted by Gasteiger charge is -2.33. The zero-order chi connectivity index (χ0) is 23.3. The highest BCUT2D eigenvalue weighted by atomic mass is 32.2. The molecule has 6 nitrogen and oxygen atoms in total. The molecule has 32 heavy (non-hydrogen) atoms. The second-order valence-corrected chi connectivity index (χ2v) is 11.1. The maximum atomic E-state index is 13.3. The number of primary amides is 1. The molecule has 0 radical (unpaired) electrons. The van der Waals surface area contributed by atoms with Crippen molar-refractivity contribution in [3.05, 3.63) is 65.7 Å². The van der Waals surface area contributed by atoms with Gasteiger partial charge < -0.3 is 10.6 Å². The molecule has 1 aliphatic heterocycles. The van der Waals surface area contributed by atoms with Crippen molar-refractivity contribution < 1.29 is 13.2 Å². The predicted octanol–water partition coefficient (Wildman–Crippen LogP) is 3.94. The van der Waals surface area contributed by atoms with Crippen LogP contribution in [0.3, 0.4) is 0 Å². The average molecular weight is 458 g/mol. The molecule has 0 aromatic heterocycles. The molecule has 7 heteroatoms. The molecular weight excluding hydrogens is 422 g/mol. The second-order valence-electron chi connectivity index (χ2n) is 9.14. The summed E-state index contributed by atoms with van der Waals surface area (Å²) in [4.78, 5) is 13.7. The summed E-state index contributed by atoms with van der Waals surface area (Å²) < 4.78 is 28.3. The smallest absolute Gasteiger partial charge is 0.220 e. The molecule has 2 N–H and O–H groups in total. The Morgan fingerprint density at radius 2 is 1.62 bits per heavy atom. The molecule has 2 aromatic carbocycles. The van der Waals surface area contributed by atoms with E-state index in [2.05, 4.69) is 4.90 Å². The molecule has 1 atom stereocenters. The van der Waals surface area contributed by atoms with Crippen LogP contribution >= 0.6 is 0 Å². The number of anilines is 1. The zero-order valence-corrected chi connectivity index (χ0v) is 20.1. The number of carbonyl (C=O) groups is 1. The van der Waals surface area contributed by atoms with Crippen molar-refractivity contribution in [1.82, 2.24) is 4.31 Å². The third-order valence-electron chi connectivity index (χ3n) is 6.16. The van der Waals surface area contributed by atoms with Gasteiger partial charge in [0.2, 0.25) is 15.9 Å². The Morgan fingerprint density at radius 1 is 1.03 bits per heavy atom. The second kappa shape index (κ2) is 10.5. The summed E-state index contributed by atoms with van der Waals surface area (Å²) in [6.07, 6.45) is 1.54. The van der Waals surface area contributed by atoms with Crippen molar-refractivity contribution in [2.24, 2.45) is 17.6 Å². The summed E-state index contributed by atoms with van der Waals surface area (Å²) in [7, 11) is -3.48. The van der Waals surface area contributed by atoms with Gasteiger partial charge in [0.15, 0.2) is 0 Å². The summed E-state index contributed by atoms with van der Waals surface area (Å²) in [5.74, 6) is -0.0350. The van der Waals surface area contributed by atoms with Gasteiger partial charge in [-0.2, -0.15) is 4.31 Å². The van der Waals surface area contributed by atoms with Crippen LogP contribution in [-0.2, 0) is 20.6 Å². The molecule has 1 aliphatic rings. The number of amides is 1. The maximum absolute atomic E-state index is 13.3. The predicted molar refractivity (Wildman–Crippen MR) is 130 cm³/mol. The van der Waals surface area contributed by atoms with Gasteiger partial charge in [-0.25, -0.2) is 8.42 Å². The quantitative estimate of drug-likeness (QED) is 0.618. The number of carbonyl (C=O) groups excluding carboxylic acids is 1. The molecule has 1 saturated heterocycles. The van der Waals surface area contributed by atoms with Crippen molar-refractivity contribution in [2.75, 3.05) is 24.5 Å². The van der Waals surface area contributed by atoms with Crippen molar-refractivity contribution in [3.63, 3.8) is 0 Å². The fourth-order valence-corrected chi connectivity index (χ4v) is 6.20. The lowest BCUT2D eigenvalue weighted by molar-refractivity contribution is -0.122. The number of hydrogen-bond acceptors (Lipinski definition) is 4. The van der Waals surface area contributed by atoms with Gasteiger partial charge in [0.05, 0.1) is 5.75 Å². The Labute approximate surface area is 192 Å². The van der Waals surface area contributed by atoms with E-state index in [0.29, 0.717) is 6.54 Å². The number of rotatable bonds is 9. The largest absolute Gasteiger partial charge is 0.371 e. The third-order valence-corrected chi connectivity index (χ3v) is 8.04. The normalized spacial score (nSPS) is 16.5. The minimum atomic E-state index is -3.48. The van der Waals surface area contributed by atoms with Gasteiger partial charge in [0, 0.05) is 37.3 Å². The van der Waals surface area contributed by atoms with Crippen molar-refractivity contribution in [1.29, 1.82) is 0 Å². The van der Waals surface area contributed by atoms with Gasteiger partial charge in [-0.15, -0.1) is 0 Å². The minimum absolute atomic E-state index is 0.00219. The average Bonchev–Trinajstić information content (AvgIpc) is 2.77. The standard InChI is InChI=1S/C25H35N3O3S/c1-19(2)17-28(32(30,31)18-21-7-5-4-6-8-21)20(3)22-9-11-24(12-10-22)27-15-13-23(14-16-27)25(26)29/h4-12,19-20,23H,13-18H2,1-3H3,(H2,26,29)/t20-/m0/s1. The van der Waals surface area contributed by atoms with Gasteiger partial charge in [-0.05, 0) is 48.9 Å². The van der Waals surface area contributed by atoms with E-state index in [4.69, 9.17) is 5.73 Å². The Bertz CT molecular complexity index is 983.